The maximum atomic E-state index is 12.8. The Balaban J connectivity index is 1.41. The van der Waals surface area contributed by atoms with Crippen molar-refractivity contribution >= 4 is 29.0 Å². The van der Waals surface area contributed by atoms with Gasteiger partial charge in [0, 0.05) is 50.1 Å². The molecule has 1 amide bonds. The molecule has 4 rings (SSSR count). The molecule has 0 unspecified atom stereocenters. The molecule has 1 aliphatic heterocycles. The minimum Gasteiger partial charge on any atom is -0.353 e. The molecular weight excluding hydrogens is 469 g/mol. The van der Waals surface area contributed by atoms with Crippen molar-refractivity contribution in [3.8, 4) is 11.4 Å². The highest BCUT2D eigenvalue weighted by Crippen LogP contribution is 2.30. The lowest BCUT2D eigenvalue weighted by atomic mass is 10.1. The Morgan fingerprint density at radius 3 is 2.45 bits per heavy atom. The van der Waals surface area contributed by atoms with Gasteiger partial charge in [0.15, 0.2) is 0 Å². The molecule has 33 heavy (non-hydrogen) atoms. The zero-order valence-corrected chi connectivity index (χ0v) is 17.4. The summed E-state index contributed by atoms with van der Waals surface area (Å²) in [4.78, 5) is 34.2. The van der Waals surface area contributed by atoms with Crippen molar-refractivity contribution < 1.29 is 27.4 Å². The highest BCUT2D eigenvalue weighted by atomic mass is 35.5. The Morgan fingerprint density at radius 1 is 1.15 bits per heavy atom. The lowest BCUT2D eigenvalue weighted by molar-refractivity contribution is -0.384. The number of amides is 1. The minimum absolute atomic E-state index is 0.0557. The van der Waals surface area contributed by atoms with E-state index < -0.39 is 22.9 Å². The maximum absolute atomic E-state index is 12.8. The van der Waals surface area contributed by atoms with E-state index in [1.54, 1.807) is 6.07 Å². The van der Waals surface area contributed by atoms with E-state index in [9.17, 15) is 28.1 Å². The standard InChI is InChI=1S/C19H14ClF3N6O4/c20-14-3-2-12(29(31)32)9-13(14)17(30)28-7-5-27(6-8-28)15-4-1-11(10-24-15)16-25-18(33-26-16)19(21,22)23/h1-4,9-10H,5-8H2. The summed E-state index contributed by atoms with van der Waals surface area (Å²) in [7, 11) is 0. The number of anilines is 1. The topological polar surface area (TPSA) is 118 Å². The first-order valence-corrected chi connectivity index (χ1v) is 9.87. The Morgan fingerprint density at radius 2 is 1.88 bits per heavy atom. The zero-order valence-electron chi connectivity index (χ0n) is 16.6. The largest absolute Gasteiger partial charge is 0.471 e. The summed E-state index contributed by atoms with van der Waals surface area (Å²) in [6, 6.07) is 6.82. The van der Waals surface area contributed by atoms with Crippen molar-refractivity contribution in [1.82, 2.24) is 20.0 Å². The summed E-state index contributed by atoms with van der Waals surface area (Å²) >= 11 is 6.06. The number of nitrogens with zero attached hydrogens (tertiary/aromatic N) is 6. The van der Waals surface area contributed by atoms with Crippen LogP contribution in [0.25, 0.3) is 11.4 Å². The van der Waals surface area contributed by atoms with Gasteiger partial charge in [-0.05, 0) is 18.2 Å². The number of halogens is 4. The fourth-order valence-electron chi connectivity index (χ4n) is 3.26. The van der Waals surface area contributed by atoms with Gasteiger partial charge in [-0.25, -0.2) is 4.98 Å². The Labute approximate surface area is 188 Å². The molecule has 172 valence electrons. The third-order valence-electron chi connectivity index (χ3n) is 4.96. The van der Waals surface area contributed by atoms with Gasteiger partial charge in [0.2, 0.25) is 5.82 Å². The molecule has 0 N–H and O–H groups in total. The van der Waals surface area contributed by atoms with Crippen molar-refractivity contribution in [2.24, 2.45) is 0 Å². The van der Waals surface area contributed by atoms with E-state index in [0.717, 1.165) is 6.07 Å². The number of nitro groups is 1. The van der Waals surface area contributed by atoms with Crippen LogP contribution >= 0.6 is 11.6 Å². The number of alkyl halides is 3. The predicted molar refractivity (Wildman–Crippen MR) is 109 cm³/mol. The summed E-state index contributed by atoms with van der Waals surface area (Å²) in [5.74, 6) is -1.53. The number of benzene rings is 1. The molecule has 0 spiro atoms. The van der Waals surface area contributed by atoms with Gasteiger partial charge in [-0.1, -0.05) is 16.8 Å². The van der Waals surface area contributed by atoms with Crippen LogP contribution in [-0.4, -0.2) is 57.0 Å². The second-order valence-corrected chi connectivity index (χ2v) is 7.43. The fourth-order valence-corrected chi connectivity index (χ4v) is 3.46. The molecule has 0 radical (unpaired) electrons. The van der Waals surface area contributed by atoms with Crippen molar-refractivity contribution in [2.45, 2.75) is 6.18 Å². The van der Waals surface area contributed by atoms with Gasteiger partial charge in [-0.3, -0.25) is 14.9 Å². The van der Waals surface area contributed by atoms with E-state index >= 15 is 0 Å². The molecule has 0 atom stereocenters. The number of aromatic nitrogens is 3. The lowest BCUT2D eigenvalue weighted by Gasteiger charge is -2.35. The smallest absolute Gasteiger partial charge is 0.353 e. The first-order chi connectivity index (χ1) is 15.6. The summed E-state index contributed by atoms with van der Waals surface area (Å²) in [6.45, 7) is 1.48. The maximum Gasteiger partial charge on any atom is 0.471 e. The summed E-state index contributed by atoms with van der Waals surface area (Å²) in [5.41, 5.74) is 0.0851. The number of hydrogen-bond acceptors (Lipinski definition) is 8. The van der Waals surface area contributed by atoms with E-state index in [4.69, 9.17) is 11.6 Å². The van der Waals surface area contributed by atoms with Crippen molar-refractivity contribution in [2.75, 3.05) is 31.1 Å². The average Bonchev–Trinajstić information content (AvgIpc) is 3.30. The van der Waals surface area contributed by atoms with Crippen LogP contribution < -0.4 is 4.90 Å². The zero-order chi connectivity index (χ0) is 23.8. The monoisotopic (exact) mass is 482 g/mol. The van der Waals surface area contributed by atoms with Crippen molar-refractivity contribution in [3.05, 3.63) is 63.1 Å². The SMILES string of the molecule is O=C(c1cc([N+](=O)[O-])ccc1Cl)N1CCN(c2ccc(-c3noc(C(F)(F)F)n3)cn2)CC1. The van der Waals surface area contributed by atoms with Crippen molar-refractivity contribution in [3.63, 3.8) is 0 Å². The van der Waals surface area contributed by atoms with Crippen LogP contribution in [0.15, 0.2) is 41.1 Å². The van der Waals surface area contributed by atoms with Crippen LogP contribution in [0.4, 0.5) is 24.7 Å². The Hall–Kier alpha value is -3.74. The number of rotatable bonds is 4. The van der Waals surface area contributed by atoms with E-state index in [-0.39, 0.29) is 27.7 Å². The van der Waals surface area contributed by atoms with Gasteiger partial charge in [0.25, 0.3) is 11.6 Å². The second kappa shape index (κ2) is 8.65. The molecule has 0 bridgehead atoms. The number of pyridine rings is 1. The number of carbonyl (C=O) groups excluding carboxylic acids is 1. The van der Waals surface area contributed by atoms with Crippen molar-refractivity contribution in [1.29, 1.82) is 0 Å². The fraction of sp³-hybridized carbons (Fsp3) is 0.263. The molecule has 3 heterocycles. The van der Waals surface area contributed by atoms with E-state index in [1.807, 2.05) is 4.90 Å². The normalized spacial score (nSPS) is 14.4. The predicted octanol–water partition coefficient (Wildman–Crippen LogP) is 3.67. The van der Waals surface area contributed by atoms with Crippen LogP contribution in [0.5, 0.6) is 0 Å². The molecule has 0 aliphatic carbocycles. The first-order valence-electron chi connectivity index (χ1n) is 9.49. The summed E-state index contributed by atoms with van der Waals surface area (Å²) < 4.78 is 42.1. The van der Waals surface area contributed by atoms with E-state index in [0.29, 0.717) is 32.0 Å². The highest BCUT2D eigenvalue weighted by Gasteiger charge is 2.38. The summed E-state index contributed by atoms with van der Waals surface area (Å²) in [6.07, 6.45) is -3.40. The molecule has 1 fully saturated rings. The number of hydrogen-bond donors (Lipinski definition) is 0. The molecule has 2 aromatic heterocycles. The van der Waals surface area contributed by atoms with E-state index in [2.05, 4.69) is 19.6 Å². The first kappa shape index (κ1) is 22.5. The lowest BCUT2D eigenvalue weighted by Crippen LogP contribution is -2.49. The number of piperazine rings is 1. The van der Waals surface area contributed by atoms with E-state index in [1.165, 1.54) is 29.3 Å². The third kappa shape index (κ3) is 4.72. The van der Waals surface area contributed by atoms with Gasteiger partial charge >= 0.3 is 12.1 Å². The molecular formula is C19H14ClF3N6O4. The Kier molecular flexibility index (Phi) is 5.89. The number of carbonyl (C=O) groups is 1. The highest BCUT2D eigenvalue weighted by molar-refractivity contribution is 6.33. The summed E-state index contributed by atoms with van der Waals surface area (Å²) in [5, 5.41) is 14.4. The number of non-ortho nitro benzene ring substituents is 1. The molecule has 1 aromatic carbocycles. The molecule has 0 saturated carbocycles. The second-order valence-electron chi connectivity index (χ2n) is 7.03. The van der Waals surface area contributed by atoms with Gasteiger partial charge in [0.1, 0.15) is 5.82 Å². The van der Waals surface area contributed by atoms with Gasteiger partial charge in [0.05, 0.1) is 15.5 Å². The van der Waals surface area contributed by atoms with Crippen LogP contribution in [0, 0.1) is 10.1 Å². The van der Waals surface area contributed by atoms with Crippen LogP contribution in [0.3, 0.4) is 0 Å². The van der Waals surface area contributed by atoms with Gasteiger partial charge in [-0.2, -0.15) is 18.2 Å². The molecule has 14 heteroatoms. The minimum atomic E-state index is -4.73. The average molecular weight is 483 g/mol. The molecule has 1 saturated heterocycles. The van der Waals surface area contributed by atoms with Gasteiger partial charge < -0.3 is 14.3 Å². The number of nitro benzene ring substituents is 1. The quantitative estimate of drug-likeness (QED) is 0.408. The van der Waals surface area contributed by atoms with Crippen LogP contribution in [0.1, 0.15) is 16.2 Å². The third-order valence-corrected chi connectivity index (χ3v) is 5.29. The van der Waals surface area contributed by atoms with Crippen LogP contribution in [-0.2, 0) is 6.18 Å². The Bertz CT molecular complexity index is 1190. The molecule has 3 aromatic rings. The molecule has 10 nitrogen and oxygen atoms in total. The van der Waals surface area contributed by atoms with Gasteiger partial charge in [-0.15, -0.1) is 0 Å². The van der Waals surface area contributed by atoms with Crippen LogP contribution in [0.2, 0.25) is 5.02 Å². The molecule has 1 aliphatic rings.